The van der Waals surface area contributed by atoms with Gasteiger partial charge in [-0.05, 0) is 0 Å². The number of aryl methyl sites for hydroxylation is 1. The molecular weight excluding hydrogens is 224 g/mol. The van der Waals surface area contributed by atoms with Crippen LogP contribution in [0.5, 0.6) is 0 Å². The molecule has 1 aromatic carbocycles. The molecule has 6 heteroatoms. The van der Waals surface area contributed by atoms with Crippen LogP contribution in [0.4, 0.5) is 5.69 Å². The van der Waals surface area contributed by atoms with Crippen LogP contribution < -0.4 is 7.71 Å². The summed E-state index contributed by atoms with van der Waals surface area (Å²) >= 11 is 1.15. The Morgan fingerprint density at radius 1 is 1.20 bits per heavy atom. The average molecular weight is 239 g/mol. The van der Waals surface area contributed by atoms with Crippen LogP contribution in [-0.4, -0.2) is 56.7 Å². The summed E-state index contributed by atoms with van der Waals surface area (Å²) in [4.78, 5) is 23.8. The molecule has 0 aliphatic carbocycles. The fourth-order valence-electron chi connectivity index (χ4n) is 1.00. The molecule has 0 saturated heterocycles. The molecule has 0 radical (unpaired) electrons. The predicted molar refractivity (Wildman–Crippen MR) is 64.5 cm³/mol. The molecule has 0 heterocycles. The van der Waals surface area contributed by atoms with Crippen molar-refractivity contribution in [1.29, 1.82) is 0 Å². The first kappa shape index (κ1) is 15.3. The number of hydrogen-bond donors (Lipinski definition) is 3. The van der Waals surface area contributed by atoms with E-state index in [0.29, 0.717) is 0 Å². The summed E-state index contributed by atoms with van der Waals surface area (Å²) in [6.07, 6.45) is 0. The van der Waals surface area contributed by atoms with Crippen molar-refractivity contribution >= 4 is 45.0 Å². The zero-order valence-electron chi connectivity index (χ0n) is 9.47. The largest absolute Gasteiger partial charge is 0.328 e. The van der Waals surface area contributed by atoms with Crippen molar-refractivity contribution in [1.82, 2.24) is 0 Å². The molecule has 0 bridgehead atoms. The minimum absolute atomic E-state index is 1.15. The van der Waals surface area contributed by atoms with Gasteiger partial charge < -0.3 is 14.7 Å². The van der Waals surface area contributed by atoms with Gasteiger partial charge in [0.1, 0.15) is 0 Å². The standard InChI is InChI=1S/C9H12N.Na.H3O3P/c1-8-5-4-6-9(7-8)10(2)3;;1-4(2)3/h4,6-7H,1-3H3;;1-3H. The first-order valence-electron chi connectivity index (χ1n) is 4.46. The maximum atomic E-state index is 7.23. The van der Waals surface area contributed by atoms with Gasteiger partial charge in [-0.15, -0.1) is 0 Å². The first-order chi connectivity index (χ1) is 6.84. The molecule has 0 atom stereocenters. The van der Waals surface area contributed by atoms with E-state index in [-0.39, 0.29) is 0 Å². The van der Waals surface area contributed by atoms with Crippen molar-refractivity contribution in [2.75, 3.05) is 19.0 Å². The van der Waals surface area contributed by atoms with E-state index in [1.807, 2.05) is 0 Å². The molecule has 15 heavy (non-hydrogen) atoms. The minimum Gasteiger partial charge on any atom is -0.328 e. The fourth-order valence-corrected chi connectivity index (χ4v) is 1.31. The summed E-state index contributed by atoms with van der Waals surface area (Å²) in [5.74, 6) is 0. The molecule has 4 nitrogen and oxygen atoms in total. The Bertz CT molecular complexity index is 305. The normalized spacial score (nSPS) is 9.67. The molecule has 0 aromatic heterocycles. The molecule has 3 N–H and O–H groups in total. The van der Waals surface area contributed by atoms with E-state index in [1.54, 1.807) is 0 Å². The number of rotatable bonds is 1. The van der Waals surface area contributed by atoms with E-state index in [0.717, 1.165) is 27.9 Å². The SMILES string of the molecule is Cc1cc(N(C)C)cc[c]1[Na].OP(O)O. The van der Waals surface area contributed by atoms with Crippen molar-refractivity contribution in [3.63, 3.8) is 0 Å². The number of hydrogen-bond acceptors (Lipinski definition) is 4. The number of nitrogens with zero attached hydrogens (tertiary/aromatic N) is 1. The van der Waals surface area contributed by atoms with Crippen LogP contribution >= 0.6 is 8.60 Å². The van der Waals surface area contributed by atoms with Crippen LogP contribution in [0.2, 0.25) is 0 Å². The van der Waals surface area contributed by atoms with Crippen LogP contribution in [0.25, 0.3) is 0 Å². The molecule has 0 amide bonds. The van der Waals surface area contributed by atoms with Gasteiger partial charge in [-0.3, -0.25) is 0 Å². The zero-order chi connectivity index (χ0) is 12.0. The first-order valence-corrected chi connectivity index (χ1v) is 6.66. The Hall–Kier alpha value is 0.330. The van der Waals surface area contributed by atoms with Crippen molar-refractivity contribution in [3.8, 4) is 0 Å². The van der Waals surface area contributed by atoms with Gasteiger partial charge in [0.2, 0.25) is 0 Å². The minimum atomic E-state index is -2.62. The average Bonchev–Trinajstić information content (AvgIpc) is 2.08. The Kier molecular flexibility index (Phi) is 7.75. The van der Waals surface area contributed by atoms with Gasteiger partial charge in [-0.25, -0.2) is 0 Å². The second-order valence-corrected chi connectivity index (χ2v) is 5.05. The molecule has 0 saturated carbocycles. The molecule has 1 aromatic rings. The molecule has 0 unspecified atom stereocenters. The molecular formula is C9H15NNaO3P. The summed E-state index contributed by atoms with van der Waals surface area (Å²) < 4.78 is 1.50. The summed E-state index contributed by atoms with van der Waals surface area (Å²) in [6.45, 7) is 2.18. The van der Waals surface area contributed by atoms with Gasteiger partial charge >= 0.3 is 94.7 Å². The van der Waals surface area contributed by atoms with Crippen LogP contribution in [-0.2, 0) is 0 Å². The third-order valence-corrected chi connectivity index (χ3v) is 3.13. The third-order valence-electron chi connectivity index (χ3n) is 2.01. The monoisotopic (exact) mass is 239 g/mol. The summed E-state index contributed by atoms with van der Waals surface area (Å²) in [6, 6.07) is 6.63. The molecule has 0 fully saturated rings. The van der Waals surface area contributed by atoms with Crippen LogP contribution in [0.1, 0.15) is 5.56 Å². The fraction of sp³-hybridized carbons (Fsp3) is 0.333. The Labute approximate surface area is 109 Å². The van der Waals surface area contributed by atoms with Gasteiger partial charge in [0.25, 0.3) is 0 Å². The van der Waals surface area contributed by atoms with Crippen molar-refractivity contribution in [3.05, 3.63) is 23.8 Å². The molecule has 0 aliphatic heterocycles. The Morgan fingerprint density at radius 2 is 1.67 bits per heavy atom. The van der Waals surface area contributed by atoms with Gasteiger partial charge in [-0.2, -0.15) is 0 Å². The third kappa shape index (κ3) is 7.25. The Morgan fingerprint density at radius 3 is 2.00 bits per heavy atom. The van der Waals surface area contributed by atoms with E-state index in [2.05, 4.69) is 44.1 Å². The van der Waals surface area contributed by atoms with Crippen LogP contribution in [0.3, 0.4) is 0 Å². The maximum absolute atomic E-state index is 7.23. The van der Waals surface area contributed by atoms with Crippen LogP contribution in [0, 0.1) is 6.92 Å². The van der Waals surface area contributed by atoms with Gasteiger partial charge in [-0.1, -0.05) is 0 Å². The second kappa shape index (κ2) is 7.58. The van der Waals surface area contributed by atoms with E-state index in [9.17, 15) is 0 Å². The van der Waals surface area contributed by atoms with E-state index in [1.165, 1.54) is 14.1 Å². The second-order valence-electron chi connectivity index (χ2n) is 3.43. The summed E-state index contributed by atoms with van der Waals surface area (Å²) in [7, 11) is 1.52. The summed E-state index contributed by atoms with van der Waals surface area (Å²) in [5.41, 5.74) is 2.71. The number of anilines is 1. The maximum Gasteiger partial charge on any atom is 0.324 e. The van der Waals surface area contributed by atoms with Gasteiger partial charge in [0.15, 0.2) is 0 Å². The molecule has 0 aliphatic rings. The number of benzene rings is 1. The van der Waals surface area contributed by atoms with E-state index in [4.69, 9.17) is 14.7 Å². The van der Waals surface area contributed by atoms with Gasteiger partial charge in [0, 0.05) is 0 Å². The molecule has 80 valence electrons. The van der Waals surface area contributed by atoms with Crippen molar-refractivity contribution in [2.45, 2.75) is 6.92 Å². The smallest absolute Gasteiger partial charge is 0.324 e. The van der Waals surface area contributed by atoms with Crippen molar-refractivity contribution in [2.24, 2.45) is 0 Å². The molecule has 1 rings (SSSR count). The Balaban J connectivity index is 0.000000423. The topological polar surface area (TPSA) is 63.9 Å². The van der Waals surface area contributed by atoms with Gasteiger partial charge in [0.05, 0.1) is 0 Å². The van der Waals surface area contributed by atoms with Crippen molar-refractivity contribution < 1.29 is 14.7 Å². The zero-order valence-corrected chi connectivity index (χ0v) is 12.4. The summed E-state index contributed by atoms with van der Waals surface area (Å²) in [5, 5.41) is 0. The van der Waals surface area contributed by atoms with E-state index < -0.39 is 8.60 Å². The molecule has 0 spiro atoms. The van der Waals surface area contributed by atoms with Crippen LogP contribution in [0.15, 0.2) is 18.2 Å². The predicted octanol–water partition coefficient (Wildman–Crippen LogP) is 0.0450. The quantitative estimate of drug-likeness (QED) is 0.478. The van der Waals surface area contributed by atoms with E-state index >= 15 is 0 Å².